The number of rotatable bonds is 4. The summed E-state index contributed by atoms with van der Waals surface area (Å²) >= 11 is 0. The van der Waals surface area contributed by atoms with Crippen LogP contribution in [-0.2, 0) is 11.2 Å². The van der Waals surface area contributed by atoms with Gasteiger partial charge in [0.1, 0.15) is 0 Å². The molecule has 0 saturated carbocycles. The highest BCUT2D eigenvalue weighted by Crippen LogP contribution is 2.09. The van der Waals surface area contributed by atoms with Crippen LogP contribution in [-0.4, -0.2) is 24.2 Å². The Hall–Kier alpha value is -2.88. The van der Waals surface area contributed by atoms with Crippen LogP contribution in [0.2, 0.25) is 0 Å². The Kier molecular flexibility index (Phi) is 7.13. The van der Waals surface area contributed by atoms with E-state index < -0.39 is 11.9 Å². The third-order valence-electron chi connectivity index (χ3n) is 2.79. The summed E-state index contributed by atoms with van der Waals surface area (Å²) in [5, 5.41) is 8.70. The molecule has 0 amide bonds. The van der Waals surface area contributed by atoms with Gasteiger partial charge >= 0.3 is 11.9 Å². The standard InChI is InChI=1S/C9H8O4.C9H10/c1-13-9(12)7-5-3-2-4-6(7)8(10)11;1-2-6-9-7-4-3-5-8-9/h2-5H,1H3,(H,10,11);2-5,7-8H,1,6H2. The van der Waals surface area contributed by atoms with Crippen LogP contribution in [0.25, 0.3) is 0 Å². The molecule has 0 heterocycles. The van der Waals surface area contributed by atoms with Crippen LogP contribution in [0.3, 0.4) is 0 Å². The average molecular weight is 298 g/mol. The van der Waals surface area contributed by atoms with Crippen molar-refractivity contribution in [2.24, 2.45) is 0 Å². The molecule has 0 aliphatic carbocycles. The van der Waals surface area contributed by atoms with Gasteiger partial charge in [0.15, 0.2) is 0 Å². The number of allylic oxidation sites excluding steroid dienone is 1. The number of hydrogen-bond acceptors (Lipinski definition) is 3. The first kappa shape index (κ1) is 17.2. The molecule has 1 N–H and O–H groups in total. The molecule has 0 aliphatic rings. The van der Waals surface area contributed by atoms with Crippen molar-refractivity contribution in [1.82, 2.24) is 0 Å². The van der Waals surface area contributed by atoms with Gasteiger partial charge in [-0.3, -0.25) is 0 Å². The SMILES string of the molecule is C=CCc1ccccc1.COC(=O)c1ccccc1C(=O)O. The topological polar surface area (TPSA) is 63.6 Å². The first-order chi connectivity index (χ1) is 10.6. The van der Waals surface area contributed by atoms with Crippen molar-refractivity contribution in [2.45, 2.75) is 6.42 Å². The number of aromatic carboxylic acids is 1. The number of hydrogen-bond donors (Lipinski definition) is 1. The van der Waals surface area contributed by atoms with Crippen LogP contribution in [0.1, 0.15) is 26.3 Å². The maximum Gasteiger partial charge on any atom is 0.338 e. The van der Waals surface area contributed by atoms with Crippen molar-refractivity contribution in [3.63, 3.8) is 0 Å². The molecule has 4 nitrogen and oxygen atoms in total. The van der Waals surface area contributed by atoms with Crippen molar-refractivity contribution in [2.75, 3.05) is 7.11 Å². The highest BCUT2D eigenvalue weighted by atomic mass is 16.5. The Morgan fingerprint density at radius 3 is 2.09 bits per heavy atom. The molecule has 0 aliphatic heterocycles. The van der Waals surface area contributed by atoms with Crippen LogP contribution in [0, 0.1) is 0 Å². The molecular formula is C18H18O4. The molecule has 0 fully saturated rings. The molecule has 0 unspecified atom stereocenters. The van der Waals surface area contributed by atoms with Gasteiger partial charge in [-0.2, -0.15) is 0 Å². The minimum atomic E-state index is -1.14. The van der Waals surface area contributed by atoms with Gasteiger partial charge in [0.2, 0.25) is 0 Å². The maximum absolute atomic E-state index is 11.1. The summed E-state index contributed by atoms with van der Waals surface area (Å²) in [5.41, 5.74) is 1.35. The first-order valence-electron chi connectivity index (χ1n) is 6.65. The zero-order chi connectivity index (χ0) is 16.4. The largest absolute Gasteiger partial charge is 0.478 e. The molecule has 2 aromatic rings. The molecule has 0 aromatic heterocycles. The summed E-state index contributed by atoms with van der Waals surface area (Å²) in [6.45, 7) is 3.66. The summed E-state index contributed by atoms with van der Waals surface area (Å²) in [4.78, 5) is 21.7. The van der Waals surface area contributed by atoms with E-state index in [4.69, 9.17) is 5.11 Å². The van der Waals surface area contributed by atoms with E-state index in [0.717, 1.165) is 6.42 Å². The van der Waals surface area contributed by atoms with Crippen molar-refractivity contribution >= 4 is 11.9 Å². The van der Waals surface area contributed by atoms with E-state index in [2.05, 4.69) is 23.4 Å². The normalized spacial score (nSPS) is 9.14. The number of esters is 1. The number of carbonyl (C=O) groups excluding carboxylic acids is 1. The molecular weight excluding hydrogens is 280 g/mol. The smallest absolute Gasteiger partial charge is 0.338 e. The molecule has 0 radical (unpaired) electrons. The number of carboxylic acids is 1. The van der Waals surface area contributed by atoms with Crippen molar-refractivity contribution in [3.05, 3.63) is 83.9 Å². The number of ether oxygens (including phenoxy) is 1. The number of carbonyl (C=O) groups is 2. The second-order valence-corrected chi connectivity index (χ2v) is 4.32. The highest BCUT2D eigenvalue weighted by Gasteiger charge is 2.15. The number of methoxy groups -OCH3 is 1. The lowest BCUT2D eigenvalue weighted by Gasteiger charge is -2.02. The minimum Gasteiger partial charge on any atom is -0.478 e. The van der Waals surface area contributed by atoms with Gasteiger partial charge in [-0.1, -0.05) is 48.5 Å². The van der Waals surface area contributed by atoms with Crippen LogP contribution >= 0.6 is 0 Å². The van der Waals surface area contributed by atoms with Gasteiger partial charge in [-0.25, -0.2) is 9.59 Å². The summed E-state index contributed by atoms with van der Waals surface area (Å²) in [6, 6.07) is 16.2. The summed E-state index contributed by atoms with van der Waals surface area (Å²) in [6.07, 6.45) is 2.89. The molecule has 2 aromatic carbocycles. The predicted octanol–water partition coefficient (Wildman–Crippen LogP) is 3.59. The Morgan fingerprint density at radius 1 is 1.05 bits per heavy atom. The average Bonchev–Trinajstić information content (AvgIpc) is 2.56. The van der Waals surface area contributed by atoms with E-state index in [1.54, 1.807) is 12.1 Å². The van der Waals surface area contributed by atoms with Crippen LogP contribution in [0.5, 0.6) is 0 Å². The van der Waals surface area contributed by atoms with E-state index in [1.807, 2.05) is 24.3 Å². The van der Waals surface area contributed by atoms with Gasteiger partial charge in [0.25, 0.3) is 0 Å². The van der Waals surface area contributed by atoms with Crippen LogP contribution in [0.4, 0.5) is 0 Å². The molecule has 114 valence electrons. The predicted molar refractivity (Wildman–Crippen MR) is 85.1 cm³/mol. The van der Waals surface area contributed by atoms with E-state index in [1.165, 1.54) is 24.8 Å². The molecule has 2 rings (SSSR count). The van der Waals surface area contributed by atoms with E-state index in [0.29, 0.717) is 0 Å². The molecule has 22 heavy (non-hydrogen) atoms. The first-order valence-corrected chi connectivity index (χ1v) is 6.65. The summed E-state index contributed by atoms with van der Waals surface area (Å²) in [7, 11) is 1.21. The van der Waals surface area contributed by atoms with Crippen LogP contribution in [0.15, 0.2) is 67.3 Å². The van der Waals surface area contributed by atoms with Gasteiger partial charge in [0.05, 0.1) is 18.2 Å². The van der Waals surface area contributed by atoms with E-state index in [9.17, 15) is 9.59 Å². The molecule has 0 spiro atoms. The van der Waals surface area contributed by atoms with Crippen molar-refractivity contribution < 1.29 is 19.4 Å². The lowest BCUT2D eigenvalue weighted by Crippen LogP contribution is -2.09. The van der Waals surface area contributed by atoms with Crippen LogP contribution < -0.4 is 0 Å². The minimum absolute atomic E-state index is 0.0469. The zero-order valence-electron chi connectivity index (χ0n) is 12.4. The van der Waals surface area contributed by atoms with Gasteiger partial charge in [-0.15, -0.1) is 6.58 Å². The van der Waals surface area contributed by atoms with Crippen molar-refractivity contribution in [1.29, 1.82) is 0 Å². The number of benzene rings is 2. The Bertz CT molecular complexity index is 633. The van der Waals surface area contributed by atoms with Gasteiger partial charge in [0, 0.05) is 0 Å². The van der Waals surface area contributed by atoms with Gasteiger partial charge in [-0.05, 0) is 24.1 Å². The Balaban J connectivity index is 0.000000235. The second-order valence-electron chi connectivity index (χ2n) is 4.32. The molecule has 0 saturated heterocycles. The monoisotopic (exact) mass is 298 g/mol. The summed E-state index contributed by atoms with van der Waals surface area (Å²) in [5.74, 6) is -1.78. The fourth-order valence-corrected chi connectivity index (χ4v) is 1.74. The Morgan fingerprint density at radius 2 is 1.59 bits per heavy atom. The van der Waals surface area contributed by atoms with Crippen molar-refractivity contribution in [3.8, 4) is 0 Å². The zero-order valence-corrected chi connectivity index (χ0v) is 12.4. The maximum atomic E-state index is 11.1. The summed E-state index contributed by atoms with van der Waals surface area (Å²) < 4.78 is 4.42. The lowest BCUT2D eigenvalue weighted by atomic mass is 10.1. The fourth-order valence-electron chi connectivity index (χ4n) is 1.74. The fraction of sp³-hybridized carbons (Fsp3) is 0.111. The second kappa shape index (κ2) is 9.13. The lowest BCUT2D eigenvalue weighted by molar-refractivity contribution is 0.0582. The molecule has 0 atom stereocenters. The molecule has 0 bridgehead atoms. The highest BCUT2D eigenvalue weighted by molar-refractivity contribution is 6.02. The number of carboxylic acid groups (broad SMARTS) is 1. The van der Waals surface area contributed by atoms with Gasteiger partial charge < -0.3 is 9.84 Å². The molecule has 4 heteroatoms. The quantitative estimate of drug-likeness (QED) is 0.692. The Labute approximate surface area is 129 Å². The van der Waals surface area contributed by atoms with E-state index in [-0.39, 0.29) is 11.1 Å². The third kappa shape index (κ3) is 5.25. The van der Waals surface area contributed by atoms with E-state index >= 15 is 0 Å². The third-order valence-corrected chi connectivity index (χ3v) is 2.79.